The van der Waals surface area contributed by atoms with E-state index in [0.717, 1.165) is 0 Å². The summed E-state index contributed by atoms with van der Waals surface area (Å²) >= 11 is 0. The molecule has 0 aliphatic rings. The summed E-state index contributed by atoms with van der Waals surface area (Å²) < 4.78 is 0. The maximum Gasteiger partial charge on any atom is 4.00 e. The number of hydrogen-bond donors (Lipinski definition) is 0. The Kier molecular flexibility index (Phi) is 15.1. The van der Waals surface area contributed by atoms with Gasteiger partial charge in [-0.3, -0.25) is 0 Å². The zero-order valence-electron chi connectivity index (χ0n) is 14.3. The smallest absolute Gasteiger partial charge is 1.00 e. The average Bonchev–Trinajstić information content (AvgIpc) is 2.96. The monoisotopic (exact) mass is 443 g/mol. The minimum absolute atomic E-state index is 0. The van der Waals surface area contributed by atoms with Crippen molar-refractivity contribution in [3.8, 4) is 0 Å². The van der Waals surface area contributed by atoms with Crippen molar-refractivity contribution in [1.82, 2.24) is 0 Å². The van der Waals surface area contributed by atoms with Crippen LogP contribution in [0.15, 0.2) is 66.7 Å². The summed E-state index contributed by atoms with van der Waals surface area (Å²) in [4.78, 5) is 0. The van der Waals surface area contributed by atoms with Crippen molar-refractivity contribution < 1.29 is 58.9 Å². The van der Waals surface area contributed by atoms with E-state index in [1.165, 1.54) is 36.1 Å². The summed E-state index contributed by atoms with van der Waals surface area (Å²) in [7, 11) is -0.654. The molecule has 0 nitrogen and oxygen atoms in total. The fraction of sp³-hybridized carbons (Fsp3) is 0.250. The van der Waals surface area contributed by atoms with Crippen molar-refractivity contribution in [3.63, 3.8) is 0 Å². The second-order valence-electron chi connectivity index (χ2n) is 5.64. The van der Waals surface area contributed by atoms with Crippen molar-refractivity contribution >= 4 is 29.9 Å². The molecule has 3 rings (SSSR count). The minimum Gasteiger partial charge on any atom is -1.00 e. The number of benzene rings is 2. The zero-order valence-corrected chi connectivity index (χ0v) is 19.1. The number of hydrogen-bond acceptors (Lipinski definition) is 0. The number of fused-ring (bicyclic) bond motifs is 1. The molecule has 131 valence electrons. The van der Waals surface area contributed by atoms with Crippen LogP contribution in [0.5, 0.6) is 0 Å². The molecule has 0 heterocycles. The quantitative estimate of drug-likeness (QED) is 0.204. The molecule has 0 spiro atoms. The standard InChI is InChI=1S/C20H22Si.3ClH.Ti/c1-2-3-9-16-21(18-11-5-4-6-12-18)20-15-14-17-10-7-8-13-19(17)20;;;;/h4-8,10-15H,2-3,9,16H2,1H3;3*1H;/q-1;;;;+4/p-3. The van der Waals surface area contributed by atoms with Gasteiger partial charge in [0, 0.05) is 0 Å². The van der Waals surface area contributed by atoms with E-state index < -0.39 is 8.80 Å². The van der Waals surface area contributed by atoms with Gasteiger partial charge in [-0.05, 0) is 0 Å². The summed E-state index contributed by atoms with van der Waals surface area (Å²) in [6.45, 7) is 2.28. The van der Waals surface area contributed by atoms with Gasteiger partial charge < -0.3 is 37.2 Å². The third kappa shape index (κ3) is 6.82. The first-order valence-electron chi connectivity index (χ1n) is 7.96. The molecule has 0 saturated heterocycles. The van der Waals surface area contributed by atoms with Crippen LogP contribution in [0.2, 0.25) is 6.04 Å². The van der Waals surface area contributed by atoms with Crippen LogP contribution in [0.1, 0.15) is 26.2 Å². The normalized spacial score (nSPS) is 9.52. The molecule has 0 amide bonds. The molecule has 0 atom stereocenters. The molecule has 0 aliphatic heterocycles. The van der Waals surface area contributed by atoms with Gasteiger partial charge in [0.25, 0.3) is 0 Å². The van der Waals surface area contributed by atoms with Crippen molar-refractivity contribution in [2.45, 2.75) is 32.2 Å². The van der Waals surface area contributed by atoms with E-state index in [1.807, 2.05) is 0 Å². The van der Waals surface area contributed by atoms with E-state index in [0.29, 0.717) is 0 Å². The third-order valence-electron chi connectivity index (χ3n) is 4.16. The molecule has 0 unspecified atom stereocenters. The van der Waals surface area contributed by atoms with Crippen LogP contribution < -0.4 is 47.6 Å². The molecule has 0 aromatic heterocycles. The summed E-state index contributed by atoms with van der Waals surface area (Å²) in [6, 6.07) is 26.0. The van der Waals surface area contributed by atoms with Gasteiger partial charge in [-0.2, -0.15) is 12.1 Å². The van der Waals surface area contributed by atoms with Crippen molar-refractivity contribution in [3.05, 3.63) is 66.7 Å². The molecule has 0 fully saturated rings. The first kappa shape index (κ1) is 27.1. The predicted molar refractivity (Wildman–Crippen MR) is 95.3 cm³/mol. The Balaban J connectivity index is 0. The molecule has 0 N–H and O–H groups in total. The maximum absolute atomic E-state index is 2.37. The Hall–Kier alpha value is -0.149. The minimum atomic E-state index is -0.654. The van der Waals surface area contributed by atoms with Gasteiger partial charge in [-0.25, -0.2) is 0 Å². The van der Waals surface area contributed by atoms with Crippen molar-refractivity contribution in [2.24, 2.45) is 0 Å². The summed E-state index contributed by atoms with van der Waals surface area (Å²) in [5.74, 6) is 0. The molecule has 3 aromatic carbocycles. The number of unbranched alkanes of at least 4 members (excludes halogenated alkanes) is 2. The summed E-state index contributed by atoms with van der Waals surface area (Å²) in [5.41, 5.74) is 0. The van der Waals surface area contributed by atoms with Gasteiger partial charge >= 0.3 is 21.7 Å². The Labute approximate surface area is 186 Å². The molecular weight excluding hydrogens is 423 g/mol. The van der Waals surface area contributed by atoms with Gasteiger partial charge in [0.15, 0.2) is 0 Å². The zero-order chi connectivity index (χ0) is 14.5. The predicted octanol–water partition coefficient (Wildman–Crippen LogP) is -4.63. The van der Waals surface area contributed by atoms with E-state index in [9.17, 15) is 0 Å². The molecule has 0 aliphatic carbocycles. The first-order chi connectivity index (χ1) is 10.4. The molecule has 5 heteroatoms. The van der Waals surface area contributed by atoms with Crippen LogP contribution in [0, 0.1) is 0 Å². The third-order valence-corrected chi connectivity index (χ3v) is 7.13. The fourth-order valence-corrected chi connectivity index (χ4v) is 5.94. The Morgan fingerprint density at radius 3 is 2.12 bits per heavy atom. The van der Waals surface area contributed by atoms with Crippen LogP contribution in [-0.4, -0.2) is 8.80 Å². The topological polar surface area (TPSA) is 0 Å². The fourth-order valence-electron chi connectivity index (χ4n) is 3.04. The van der Waals surface area contributed by atoms with Crippen LogP contribution in [0.3, 0.4) is 0 Å². The molecule has 25 heavy (non-hydrogen) atoms. The number of halogens is 3. The SMILES string of the molecule is CCCCC[Si](c1ccccc1)[c-]1ccc2ccccc21.[Cl-].[Cl-].[Cl-].[Ti+4]. The molecule has 1 radical (unpaired) electrons. The van der Waals surface area contributed by atoms with Crippen molar-refractivity contribution in [1.29, 1.82) is 0 Å². The van der Waals surface area contributed by atoms with Gasteiger partial charge in [0.05, 0.1) is 8.80 Å². The Morgan fingerprint density at radius 1 is 0.800 bits per heavy atom. The molecular formula is C20H22Cl3SiTi. The van der Waals surface area contributed by atoms with Crippen LogP contribution >= 0.6 is 0 Å². The van der Waals surface area contributed by atoms with Gasteiger partial charge in [0.1, 0.15) is 0 Å². The van der Waals surface area contributed by atoms with E-state index in [1.54, 1.807) is 10.4 Å². The Morgan fingerprint density at radius 2 is 1.44 bits per heavy atom. The van der Waals surface area contributed by atoms with Gasteiger partial charge in [0.2, 0.25) is 0 Å². The largest absolute Gasteiger partial charge is 4.00 e. The number of rotatable bonds is 6. The molecule has 0 saturated carbocycles. The van der Waals surface area contributed by atoms with Crippen LogP contribution in [-0.2, 0) is 21.7 Å². The summed E-state index contributed by atoms with van der Waals surface area (Å²) in [5, 5.41) is 6.00. The Bertz CT molecular complexity index is 700. The summed E-state index contributed by atoms with van der Waals surface area (Å²) in [6.07, 6.45) is 3.99. The van der Waals surface area contributed by atoms with Crippen LogP contribution in [0.25, 0.3) is 10.8 Å². The average molecular weight is 445 g/mol. The van der Waals surface area contributed by atoms with E-state index >= 15 is 0 Å². The van der Waals surface area contributed by atoms with Gasteiger partial charge in [-0.15, -0.1) is 34.2 Å². The van der Waals surface area contributed by atoms with Crippen LogP contribution in [0.4, 0.5) is 0 Å². The second-order valence-corrected chi connectivity index (χ2v) is 8.21. The molecule has 3 aromatic rings. The van der Waals surface area contributed by atoms with E-state index in [-0.39, 0.29) is 58.9 Å². The van der Waals surface area contributed by atoms with Gasteiger partial charge in [-0.1, -0.05) is 73.8 Å². The second kappa shape index (κ2) is 14.0. The van der Waals surface area contributed by atoms with E-state index in [4.69, 9.17) is 0 Å². The van der Waals surface area contributed by atoms with Crippen molar-refractivity contribution in [2.75, 3.05) is 0 Å². The van der Waals surface area contributed by atoms with E-state index in [2.05, 4.69) is 73.7 Å². The molecule has 0 bridgehead atoms. The maximum atomic E-state index is 2.37. The first-order valence-corrected chi connectivity index (χ1v) is 9.67.